The van der Waals surface area contributed by atoms with E-state index in [-0.39, 0.29) is 24.7 Å². The SMILES string of the molecule is O=C(O)c1cnc(N2CC3CC3C2)nc1OCCc1ccc(CO)c(Cl)c1. The van der Waals surface area contributed by atoms with Crippen LogP contribution in [0.25, 0.3) is 0 Å². The molecule has 1 aliphatic carbocycles. The van der Waals surface area contributed by atoms with Crippen molar-refractivity contribution in [3.05, 3.63) is 46.1 Å². The van der Waals surface area contributed by atoms with Gasteiger partial charge in [0.15, 0.2) is 0 Å². The smallest absolute Gasteiger partial charge is 0.342 e. The van der Waals surface area contributed by atoms with Crippen molar-refractivity contribution in [1.29, 1.82) is 0 Å². The fourth-order valence-electron chi connectivity index (χ4n) is 3.47. The van der Waals surface area contributed by atoms with Crippen molar-refractivity contribution in [2.24, 2.45) is 11.8 Å². The summed E-state index contributed by atoms with van der Waals surface area (Å²) in [5, 5.41) is 19.0. The third-order valence-corrected chi connectivity index (χ3v) is 5.50. The number of fused-ring (bicyclic) bond motifs is 1. The minimum Gasteiger partial charge on any atom is -0.477 e. The number of benzene rings is 1. The Bertz CT molecular complexity index is 866. The predicted octanol–water partition coefficient (Wildman–Crippen LogP) is 2.40. The minimum absolute atomic E-state index is 0.0447. The molecule has 2 heterocycles. The van der Waals surface area contributed by atoms with Gasteiger partial charge in [-0.25, -0.2) is 9.78 Å². The number of rotatable bonds is 7. The lowest BCUT2D eigenvalue weighted by Gasteiger charge is -2.18. The van der Waals surface area contributed by atoms with E-state index in [1.165, 1.54) is 12.6 Å². The summed E-state index contributed by atoms with van der Waals surface area (Å²) >= 11 is 6.10. The lowest BCUT2D eigenvalue weighted by Crippen LogP contribution is -2.24. The average Bonchev–Trinajstić information content (AvgIpc) is 3.27. The van der Waals surface area contributed by atoms with Gasteiger partial charge in [0.1, 0.15) is 5.56 Å². The summed E-state index contributed by atoms with van der Waals surface area (Å²) in [6.07, 6.45) is 3.12. The summed E-state index contributed by atoms with van der Waals surface area (Å²) < 4.78 is 5.69. The zero-order valence-electron chi connectivity index (χ0n) is 14.6. The van der Waals surface area contributed by atoms with Gasteiger partial charge in [0.05, 0.1) is 19.4 Å². The molecule has 142 valence electrons. The predicted molar refractivity (Wildman–Crippen MR) is 99.4 cm³/mol. The molecule has 1 saturated heterocycles. The number of carboxylic acid groups (broad SMARTS) is 1. The Balaban J connectivity index is 1.45. The number of halogens is 1. The summed E-state index contributed by atoms with van der Waals surface area (Å²) in [6, 6.07) is 5.40. The van der Waals surface area contributed by atoms with E-state index in [9.17, 15) is 9.90 Å². The summed E-state index contributed by atoms with van der Waals surface area (Å²) in [5.41, 5.74) is 1.55. The van der Waals surface area contributed by atoms with Gasteiger partial charge in [0.2, 0.25) is 11.8 Å². The summed E-state index contributed by atoms with van der Waals surface area (Å²) in [7, 11) is 0. The number of aliphatic hydroxyl groups is 1. The van der Waals surface area contributed by atoms with Crippen molar-refractivity contribution in [3.63, 3.8) is 0 Å². The van der Waals surface area contributed by atoms with E-state index in [1.54, 1.807) is 12.1 Å². The Kier molecular flexibility index (Phi) is 4.88. The molecule has 1 aromatic carbocycles. The summed E-state index contributed by atoms with van der Waals surface area (Å²) in [5.74, 6) is 0.951. The fraction of sp³-hybridized carbons (Fsp3) is 0.421. The first-order valence-corrected chi connectivity index (χ1v) is 9.29. The van der Waals surface area contributed by atoms with Gasteiger partial charge in [-0.15, -0.1) is 0 Å². The van der Waals surface area contributed by atoms with Crippen LogP contribution in [0.15, 0.2) is 24.4 Å². The van der Waals surface area contributed by atoms with E-state index in [4.69, 9.17) is 21.4 Å². The Morgan fingerprint density at radius 2 is 2.11 bits per heavy atom. The lowest BCUT2D eigenvalue weighted by atomic mass is 10.1. The van der Waals surface area contributed by atoms with Gasteiger partial charge in [0, 0.05) is 24.5 Å². The third-order valence-electron chi connectivity index (χ3n) is 5.15. The number of piperidine rings is 1. The first kappa shape index (κ1) is 18.0. The molecule has 2 fully saturated rings. The number of hydrogen-bond acceptors (Lipinski definition) is 6. The van der Waals surface area contributed by atoms with Crippen molar-refractivity contribution in [2.75, 3.05) is 24.6 Å². The monoisotopic (exact) mass is 389 g/mol. The Morgan fingerprint density at radius 1 is 1.33 bits per heavy atom. The molecule has 1 aliphatic heterocycles. The van der Waals surface area contributed by atoms with E-state index in [0.29, 0.717) is 23.0 Å². The maximum absolute atomic E-state index is 11.4. The summed E-state index contributed by atoms with van der Waals surface area (Å²) in [6.45, 7) is 1.99. The molecule has 0 radical (unpaired) electrons. The van der Waals surface area contributed by atoms with Crippen molar-refractivity contribution < 1.29 is 19.7 Å². The van der Waals surface area contributed by atoms with Gasteiger partial charge in [-0.3, -0.25) is 0 Å². The van der Waals surface area contributed by atoms with Crippen LogP contribution in [0.3, 0.4) is 0 Å². The quantitative estimate of drug-likeness (QED) is 0.750. The third kappa shape index (κ3) is 3.84. The molecule has 2 aliphatic rings. The standard InChI is InChI=1S/C19H20ClN3O4/c20-16-5-11(1-2-12(16)10-24)3-4-27-17-15(18(25)26)7-21-19(22-17)23-8-13-6-14(13)9-23/h1-2,5,7,13-14,24H,3-4,6,8-10H2,(H,25,26). The fourth-order valence-corrected chi connectivity index (χ4v) is 3.73. The van der Waals surface area contributed by atoms with Crippen LogP contribution in [0.1, 0.15) is 27.9 Å². The molecule has 0 amide bonds. The highest BCUT2D eigenvalue weighted by Crippen LogP contribution is 2.45. The van der Waals surface area contributed by atoms with E-state index in [1.807, 2.05) is 6.07 Å². The largest absolute Gasteiger partial charge is 0.477 e. The first-order chi connectivity index (χ1) is 13.0. The van der Waals surface area contributed by atoms with Crippen molar-refractivity contribution in [1.82, 2.24) is 9.97 Å². The van der Waals surface area contributed by atoms with E-state index in [2.05, 4.69) is 14.9 Å². The highest BCUT2D eigenvalue weighted by Gasteiger charge is 2.46. The molecule has 1 saturated carbocycles. The van der Waals surface area contributed by atoms with Crippen LogP contribution >= 0.6 is 11.6 Å². The molecule has 0 bridgehead atoms. The van der Waals surface area contributed by atoms with Crippen LogP contribution in [-0.2, 0) is 13.0 Å². The molecule has 0 spiro atoms. The van der Waals surface area contributed by atoms with E-state index in [0.717, 1.165) is 30.5 Å². The zero-order valence-corrected chi connectivity index (χ0v) is 15.4. The summed E-state index contributed by atoms with van der Waals surface area (Å²) in [4.78, 5) is 22.1. The van der Waals surface area contributed by atoms with Gasteiger partial charge >= 0.3 is 5.97 Å². The number of aromatic nitrogens is 2. The van der Waals surface area contributed by atoms with Crippen LogP contribution in [-0.4, -0.2) is 45.8 Å². The molecule has 2 N–H and O–H groups in total. The van der Waals surface area contributed by atoms with Crippen LogP contribution in [0.2, 0.25) is 5.02 Å². The minimum atomic E-state index is -1.11. The van der Waals surface area contributed by atoms with Gasteiger partial charge in [-0.1, -0.05) is 23.7 Å². The number of nitrogens with zero attached hydrogens (tertiary/aromatic N) is 3. The molecule has 2 aromatic rings. The molecule has 27 heavy (non-hydrogen) atoms. The second kappa shape index (κ2) is 7.32. The van der Waals surface area contributed by atoms with Crippen molar-refractivity contribution >= 4 is 23.5 Å². The molecule has 7 nitrogen and oxygen atoms in total. The number of aliphatic hydroxyl groups excluding tert-OH is 1. The van der Waals surface area contributed by atoms with Gasteiger partial charge < -0.3 is 19.8 Å². The van der Waals surface area contributed by atoms with Crippen molar-refractivity contribution in [2.45, 2.75) is 19.4 Å². The Morgan fingerprint density at radius 3 is 2.78 bits per heavy atom. The molecule has 1 aromatic heterocycles. The number of anilines is 1. The van der Waals surface area contributed by atoms with Crippen LogP contribution in [0.5, 0.6) is 5.88 Å². The number of hydrogen-bond donors (Lipinski definition) is 2. The topological polar surface area (TPSA) is 95.8 Å². The Labute approximate surface area is 161 Å². The molecule has 4 rings (SSSR count). The second-order valence-corrected chi connectivity index (χ2v) is 7.44. The second-order valence-electron chi connectivity index (χ2n) is 7.04. The van der Waals surface area contributed by atoms with Gasteiger partial charge in [0.25, 0.3) is 0 Å². The molecule has 2 atom stereocenters. The van der Waals surface area contributed by atoms with Gasteiger partial charge in [-0.05, 0) is 35.4 Å². The average molecular weight is 390 g/mol. The maximum atomic E-state index is 11.4. The highest BCUT2D eigenvalue weighted by atomic mass is 35.5. The van der Waals surface area contributed by atoms with Crippen LogP contribution in [0, 0.1) is 11.8 Å². The number of aromatic carboxylic acids is 1. The van der Waals surface area contributed by atoms with E-state index < -0.39 is 5.97 Å². The molecular weight excluding hydrogens is 370 g/mol. The highest BCUT2D eigenvalue weighted by molar-refractivity contribution is 6.31. The number of ether oxygens (including phenoxy) is 1. The lowest BCUT2D eigenvalue weighted by molar-refractivity contribution is 0.0690. The zero-order chi connectivity index (χ0) is 19.0. The van der Waals surface area contributed by atoms with Crippen molar-refractivity contribution in [3.8, 4) is 5.88 Å². The number of carboxylic acids is 1. The van der Waals surface area contributed by atoms with Gasteiger partial charge in [-0.2, -0.15) is 4.98 Å². The molecule has 2 unspecified atom stereocenters. The Hall–Kier alpha value is -2.38. The first-order valence-electron chi connectivity index (χ1n) is 8.91. The van der Waals surface area contributed by atoms with E-state index >= 15 is 0 Å². The number of carbonyl (C=O) groups is 1. The normalized spacial score (nSPS) is 20.4. The maximum Gasteiger partial charge on any atom is 0.342 e. The molecular formula is C19H20ClN3O4. The van der Waals surface area contributed by atoms with Crippen LogP contribution < -0.4 is 9.64 Å². The van der Waals surface area contributed by atoms with Crippen LogP contribution in [0.4, 0.5) is 5.95 Å². The molecule has 8 heteroatoms.